The number of rotatable bonds is 4. The van der Waals surface area contributed by atoms with Crippen LogP contribution in [0.15, 0.2) is 12.2 Å². The van der Waals surface area contributed by atoms with Crippen molar-refractivity contribution in [1.29, 1.82) is 0 Å². The summed E-state index contributed by atoms with van der Waals surface area (Å²) in [7, 11) is 0. The van der Waals surface area contributed by atoms with Gasteiger partial charge in [0.15, 0.2) is 5.78 Å². The van der Waals surface area contributed by atoms with Crippen molar-refractivity contribution in [3.8, 4) is 0 Å². The third-order valence-corrected chi connectivity index (χ3v) is 1.00. The molecule has 1 unspecified atom stereocenters. The van der Waals surface area contributed by atoms with Crippen LogP contribution in [0.3, 0.4) is 0 Å². The third-order valence-electron chi connectivity index (χ3n) is 1.00. The van der Waals surface area contributed by atoms with E-state index in [1.807, 2.05) is 0 Å². The molecule has 5 N–H and O–H groups in total. The Labute approximate surface area is 63.7 Å². The highest BCUT2D eigenvalue weighted by Crippen LogP contribution is 1.83. The lowest BCUT2D eigenvalue weighted by molar-refractivity contribution is -0.125. The Bertz CT molecular complexity index is 188. The summed E-state index contributed by atoms with van der Waals surface area (Å²) < 4.78 is 0. The molecule has 0 aromatic carbocycles. The summed E-state index contributed by atoms with van der Waals surface area (Å²) in [5.74, 6) is -1.48. The minimum atomic E-state index is -1.31. The number of amides is 1. The molecule has 0 heterocycles. The average Bonchev–Trinajstić information content (AvgIpc) is 1.98. The molecule has 0 rings (SSSR count). The number of carbonyl (C=O) groups is 2. The normalized spacial score (nSPS) is 13.3. The van der Waals surface area contributed by atoms with Crippen LogP contribution >= 0.6 is 0 Å². The van der Waals surface area contributed by atoms with E-state index in [4.69, 9.17) is 16.6 Å². The standard InChI is InChI=1S/C6H10N2O3/c7-5(6(8)11)4(10)2-1-3-9/h1-2,5,9H,3,7H2,(H2,8,11)/b2-1+. The maximum atomic E-state index is 10.7. The van der Waals surface area contributed by atoms with Crippen LogP contribution in [0.5, 0.6) is 0 Å². The van der Waals surface area contributed by atoms with E-state index in [9.17, 15) is 9.59 Å². The van der Waals surface area contributed by atoms with Gasteiger partial charge in [-0.3, -0.25) is 9.59 Å². The minimum absolute atomic E-state index is 0.267. The highest BCUT2D eigenvalue weighted by atomic mass is 16.2. The Kier molecular flexibility index (Phi) is 4.09. The molecule has 0 fully saturated rings. The fourth-order valence-electron chi connectivity index (χ4n) is 0.413. The number of nitrogens with two attached hydrogens (primary N) is 2. The molecule has 0 aromatic heterocycles. The third kappa shape index (κ3) is 3.49. The molecule has 0 spiro atoms. The molecule has 0 aromatic rings. The smallest absolute Gasteiger partial charge is 0.242 e. The van der Waals surface area contributed by atoms with Gasteiger partial charge in [-0.2, -0.15) is 0 Å². The quantitative estimate of drug-likeness (QED) is 0.322. The van der Waals surface area contributed by atoms with E-state index in [1.54, 1.807) is 0 Å². The summed E-state index contributed by atoms with van der Waals surface area (Å²) >= 11 is 0. The van der Waals surface area contributed by atoms with Gasteiger partial charge in [0.05, 0.1) is 6.61 Å². The molecule has 1 atom stereocenters. The highest BCUT2D eigenvalue weighted by Gasteiger charge is 2.15. The zero-order valence-corrected chi connectivity index (χ0v) is 5.86. The largest absolute Gasteiger partial charge is 0.392 e. The van der Waals surface area contributed by atoms with Crippen molar-refractivity contribution in [1.82, 2.24) is 0 Å². The molecule has 0 aliphatic carbocycles. The second-order valence-corrected chi connectivity index (χ2v) is 1.87. The molecule has 0 aliphatic heterocycles. The fourth-order valence-corrected chi connectivity index (χ4v) is 0.413. The first kappa shape index (κ1) is 9.80. The van der Waals surface area contributed by atoms with E-state index in [-0.39, 0.29) is 6.61 Å². The first-order valence-corrected chi connectivity index (χ1v) is 2.95. The van der Waals surface area contributed by atoms with Gasteiger partial charge in [0, 0.05) is 0 Å². The van der Waals surface area contributed by atoms with Gasteiger partial charge in [0.2, 0.25) is 5.91 Å². The monoisotopic (exact) mass is 158 g/mol. The Hall–Kier alpha value is -1.20. The molecule has 5 nitrogen and oxygen atoms in total. The van der Waals surface area contributed by atoms with Gasteiger partial charge in [-0.1, -0.05) is 6.08 Å². The first-order chi connectivity index (χ1) is 5.09. The van der Waals surface area contributed by atoms with E-state index in [0.29, 0.717) is 0 Å². The number of aliphatic hydroxyl groups excluding tert-OH is 1. The topological polar surface area (TPSA) is 106 Å². The Morgan fingerprint density at radius 1 is 1.55 bits per heavy atom. The molecular formula is C6H10N2O3. The molecule has 1 amide bonds. The minimum Gasteiger partial charge on any atom is -0.392 e. The van der Waals surface area contributed by atoms with Crippen LogP contribution in [0.25, 0.3) is 0 Å². The zero-order chi connectivity index (χ0) is 8.85. The summed E-state index contributed by atoms with van der Waals surface area (Å²) in [6, 6.07) is -1.31. The van der Waals surface area contributed by atoms with Crippen LogP contribution in [-0.2, 0) is 9.59 Å². The maximum absolute atomic E-state index is 10.7. The van der Waals surface area contributed by atoms with E-state index >= 15 is 0 Å². The van der Waals surface area contributed by atoms with Gasteiger partial charge in [-0.25, -0.2) is 0 Å². The van der Waals surface area contributed by atoms with Gasteiger partial charge >= 0.3 is 0 Å². The molecule has 0 saturated carbocycles. The number of aliphatic hydroxyl groups is 1. The van der Waals surface area contributed by atoms with Crippen molar-refractivity contribution < 1.29 is 14.7 Å². The van der Waals surface area contributed by atoms with Gasteiger partial charge in [-0.15, -0.1) is 0 Å². The van der Waals surface area contributed by atoms with Crippen LogP contribution in [0.4, 0.5) is 0 Å². The summed E-state index contributed by atoms with van der Waals surface area (Å²) in [5, 5.41) is 8.24. The lowest BCUT2D eigenvalue weighted by Crippen LogP contribution is -2.42. The summed E-state index contributed by atoms with van der Waals surface area (Å²) in [5.41, 5.74) is 9.77. The van der Waals surface area contributed by atoms with Crippen LogP contribution in [0.1, 0.15) is 0 Å². The second kappa shape index (κ2) is 4.59. The van der Waals surface area contributed by atoms with Gasteiger partial charge in [0.25, 0.3) is 0 Å². The zero-order valence-electron chi connectivity index (χ0n) is 5.86. The summed E-state index contributed by atoms with van der Waals surface area (Å²) in [6.45, 7) is -0.267. The molecule has 0 aliphatic rings. The van der Waals surface area contributed by atoms with E-state index < -0.39 is 17.7 Å². The Morgan fingerprint density at radius 3 is 2.45 bits per heavy atom. The lowest BCUT2D eigenvalue weighted by Gasteiger charge is -2.00. The molecule has 0 saturated heterocycles. The average molecular weight is 158 g/mol. The van der Waals surface area contributed by atoms with E-state index in [0.717, 1.165) is 6.08 Å². The Balaban J connectivity index is 4.03. The molecule has 11 heavy (non-hydrogen) atoms. The van der Waals surface area contributed by atoms with Crippen LogP contribution in [-0.4, -0.2) is 29.4 Å². The van der Waals surface area contributed by atoms with Crippen molar-refractivity contribution in [3.63, 3.8) is 0 Å². The van der Waals surface area contributed by atoms with Crippen molar-refractivity contribution in [3.05, 3.63) is 12.2 Å². The van der Waals surface area contributed by atoms with E-state index in [1.165, 1.54) is 6.08 Å². The Morgan fingerprint density at radius 2 is 2.09 bits per heavy atom. The number of carbonyl (C=O) groups excluding carboxylic acids is 2. The van der Waals surface area contributed by atoms with Crippen LogP contribution < -0.4 is 11.5 Å². The fraction of sp³-hybridized carbons (Fsp3) is 0.333. The predicted molar refractivity (Wildman–Crippen MR) is 38.4 cm³/mol. The number of hydrogen-bond acceptors (Lipinski definition) is 4. The number of ketones is 1. The number of primary amides is 1. The van der Waals surface area contributed by atoms with Gasteiger partial charge < -0.3 is 16.6 Å². The lowest BCUT2D eigenvalue weighted by atomic mass is 10.2. The van der Waals surface area contributed by atoms with Crippen molar-refractivity contribution in [2.24, 2.45) is 11.5 Å². The van der Waals surface area contributed by atoms with Gasteiger partial charge in [0.1, 0.15) is 6.04 Å². The second-order valence-electron chi connectivity index (χ2n) is 1.87. The molecular weight excluding hydrogens is 148 g/mol. The SMILES string of the molecule is NC(=O)C(N)C(=O)/C=C/CO. The highest BCUT2D eigenvalue weighted by molar-refractivity contribution is 6.09. The maximum Gasteiger partial charge on any atom is 0.242 e. The van der Waals surface area contributed by atoms with Crippen molar-refractivity contribution in [2.75, 3.05) is 6.61 Å². The predicted octanol–water partition coefficient (Wildman–Crippen LogP) is -2.08. The molecule has 0 bridgehead atoms. The molecule has 5 heteroatoms. The molecule has 62 valence electrons. The first-order valence-electron chi connectivity index (χ1n) is 2.95. The van der Waals surface area contributed by atoms with E-state index in [2.05, 4.69) is 0 Å². The van der Waals surface area contributed by atoms with Gasteiger partial charge in [-0.05, 0) is 6.08 Å². The molecule has 0 radical (unpaired) electrons. The van der Waals surface area contributed by atoms with Crippen molar-refractivity contribution in [2.45, 2.75) is 6.04 Å². The van der Waals surface area contributed by atoms with Crippen molar-refractivity contribution >= 4 is 11.7 Å². The summed E-state index contributed by atoms with van der Waals surface area (Å²) in [6.07, 6.45) is 2.21. The van der Waals surface area contributed by atoms with Crippen LogP contribution in [0.2, 0.25) is 0 Å². The van der Waals surface area contributed by atoms with Crippen LogP contribution in [0, 0.1) is 0 Å². The summed E-state index contributed by atoms with van der Waals surface area (Å²) in [4.78, 5) is 21.0. The number of hydrogen-bond donors (Lipinski definition) is 3.